The van der Waals surface area contributed by atoms with Crippen LogP contribution in [-0.4, -0.2) is 409 Å². The molecule has 594 valence electrons. The van der Waals surface area contributed by atoms with Crippen LogP contribution in [-0.2, 0) is 166 Å². The number of ether oxygens (including phenoxy) is 35. The summed E-state index contributed by atoms with van der Waals surface area (Å²) in [6.07, 6.45) is -33.5. The fraction of sp³-hybridized carbons (Fsp3) is 0.940. The maximum atomic E-state index is 7.10. The molecule has 0 aliphatic carbocycles. The SMILES string of the molecule is C=CCOC[C@@H]1O[C@@H]2O[C@H]3[C@@H](OC)[C@H](OC)[C@@H](O[C@H]4[C@H](OC)[C@H](OC)[C@@H](O[C@H]5[C@H](OC)[C@@H](OC)[C@@H](O[C@H]6[C@H](OC)[C@@H](OC)[C@@H](O[C@H]7[C@H](OC)[C@@H](OC)[C@@H](O[C@H]8[C@H](OC)[C@@H](OC)[C@@H](O[C@H]1[C@H](OC)[C@H]2OC)O[C@H]8COC)O[C@H]7COC)O[C@H]6COC)O[C@@H]5COC)O[C@@H]4COCC=C)O[C@@H]3COC. The van der Waals surface area contributed by atoms with Crippen molar-refractivity contribution in [2.45, 2.75) is 215 Å². The first-order valence-corrected chi connectivity index (χ1v) is 34.1. The van der Waals surface area contributed by atoms with Gasteiger partial charge in [0.25, 0.3) is 0 Å². The van der Waals surface area contributed by atoms with Crippen LogP contribution in [0.15, 0.2) is 25.3 Å². The third-order valence-corrected chi connectivity index (χ3v) is 19.7. The molecule has 21 heterocycles. The maximum Gasteiger partial charge on any atom is 0.187 e. The molecule has 0 aromatic rings. The minimum Gasteiger partial charge on any atom is -0.382 e. The van der Waals surface area contributed by atoms with Gasteiger partial charge in [0, 0.05) is 135 Å². The molecule has 0 unspecified atom stereocenters. The van der Waals surface area contributed by atoms with Crippen molar-refractivity contribution in [3.05, 3.63) is 25.3 Å². The molecule has 21 rings (SSSR count). The van der Waals surface area contributed by atoms with Crippen molar-refractivity contribution in [3.8, 4) is 0 Å². The van der Waals surface area contributed by atoms with Crippen molar-refractivity contribution in [3.63, 3.8) is 0 Å². The van der Waals surface area contributed by atoms with E-state index in [-0.39, 0.29) is 59.5 Å². The Morgan fingerprint density at radius 3 is 0.451 bits per heavy atom. The summed E-state index contributed by atoms with van der Waals surface area (Å²) in [5, 5.41) is 0. The van der Waals surface area contributed by atoms with Crippen LogP contribution >= 0.6 is 0 Å². The Balaban J connectivity index is 1.25. The van der Waals surface area contributed by atoms with E-state index >= 15 is 0 Å². The average Bonchev–Trinajstić information content (AvgIpc) is 0.768. The second kappa shape index (κ2) is 42.9. The van der Waals surface area contributed by atoms with Gasteiger partial charge < -0.3 is 166 Å². The molecule has 0 radical (unpaired) electrons. The first kappa shape index (κ1) is 85.7. The first-order valence-electron chi connectivity index (χ1n) is 34.1. The van der Waals surface area contributed by atoms with Crippen LogP contribution in [0.5, 0.6) is 0 Å². The zero-order valence-electron chi connectivity index (χ0n) is 62.4. The molecule has 0 amide bonds. The molecule has 0 N–H and O–H groups in total. The lowest BCUT2D eigenvalue weighted by molar-refractivity contribution is -0.402. The summed E-state index contributed by atoms with van der Waals surface area (Å²) in [7, 11) is 28.6. The third kappa shape index (κ3) is 19.3. The van der Waals surface area contributed by atoms with Gasteiger partial charge in [0.2, 0.25) is 0 Å². The van der Waals surface area contributed by atoms with E-state index in [0.717, 1.165) is 0 Å². The Morgan fingerprint density at radius 2 is 0.333 bits per heavy atom. The maximum absolute atomic E-state index is 7.10. The Morgan fingerprint density at radius 1 is 0.196 bits per heavy atom. The normalized spacial score (nSPS) is 44.6. The summed E-state index contributed by atoms with van der Waals surface area (Å²) in [6, 6.07) is 0. The van der Waals surface area contributed by atoms with Crippen LogP contribution in [0.1, 0.15) is 0 Å². The van der Waals surface area contributed by atoms with E-state index in [1.807, 2.05) is 0 Å². The second-order valence-corrected chi connectivity index (χ2v) is 25.2. The molecule has 21 fully saturated rings. The third-order valence-electron chi connectivity index (χ3n) is 19.7. The molecule has 0 spiro atoms. The lowest BCUT2D eigenvalue weighted by Crippen LogP contribution is -2.69. The second-order valence-electron chi connectivity index (χ2n) is 25.2. The molecule has 0 saturated carbocycles. The van der Waals surface area contributed by atoms with Crippen LogP contribution in [0.4, 0.5) is 0 Å². The molecule has 21 aliphatic rings. The summed E-state index contributed by atoms with van der Waals surface area (Å²) in [5.41, 5.74) is 0. The highest BCUT2D eigenvalue weighted by molar-refractivity contribution is 5.04. The molecule has 14 bridgehead atoms. The molecule has 21 aliphatic heterocycles. The van der Waals surface area contributed by atoms with Gasteiger partial charge in [0.15, 0.2) is 44.0 Å². The molecule has 35 nitrogen and oxygen atoms in total. The van der Waals surface area contributed by atoms with E-state index < -0.39 is 215 Å². The predicted octanol–water partition coefficient (Wildman–Crippen LogP) is -0.382. The van der Waals surface area contributed by atoms with Crippen LogP contribution in [0.2, 0.25) is 0 Å². The fourth-order valence-electron chi connectivity index (χ4n) is 15.1. The van der Waals surface area contributed by atoms with E-state index in [0.29, 0.717) is 0 Å². The number of hydrogen-bond acceptors (Lipinski definition) is 35. The molecular weight excluding hydrogens is 1360 g/mol. The Bertz CT molecular complexity index is 2320. The fourth-order valence-corrected chi connectivity index (χ4v) is 15.1. The summed E-state index contributed by atoms with van der Waals surface area (Å²) < 4.78 is 228. The van der Waals surface area contributed by atoms with Crippen molar-refractivity contribution in [2.75, 3.05) is 195 Å². The Hall–Kier alpha value is -1.92. The van der Waals surface area contributed by atoms with Gasteiger partial charge in [-0.15, -0.1) is 13.2 Å². The van der Waals surface area contributed by atoms with Gasteiger partial charge in [-0.25, -0.2) is 0 Å². The molecule has 21 saturated heterocycles. The monoisotopic (exact) mass is 1480 g/mol. The highest BCUT2D eigenvalue weighted by Gasteiger charge is 2.62. The number of methoxy groups -OCH3 is 19. The topological polar surface area (TPSA) is 323 Å². The lowest BCUT2D eigenvalue weighted by atomic mass is 9.94. The van der Waals surface area contributed by atoms with Crippen LogP contribution in [0.25, 0.3) is 0 Å². The van der Waals surface area contributed by atoms with Gasteiger partial charge >= 0.3 is 0 Å². The highest BCUT2D eigenvalue weighted by Crippen LogP contribution is 2.43. The quantitative estimate of drug-likeness (QED) is 0.0612. The van der Waals surface area contributed by atoms with E-state index in [2.05, 4.69) is 13.2 Å². The van der Waals surface area contributed by atoms with Gasteiger partial charge in [-0.05, 0) is 0 Å². The summed E-state index contributed by atoms with van der Waals surface area (Å²) in [6.45, 7) is 7.61. The average molecular weight is 1480 g/mol. The summed E-state index contributed by atoms with van der Waals surface area (Å²) in [4.78, 5) is 0. The first-order chi connectivity index (χ1) is 49.7. The van der Waals surface area contributed by atoms with Crippen molar-refractivity contribution in [1.82, 2.24) is 0 Å². The van der Waals surface area contributed by atoms with Crippen molar-refractivity contribution < 1.29 is 166 Å². The summed E-state index contributed by atoms with van der Waals surface area (Å²) >= 11 is 0. The van der Waals surface area contributed by atoms with Gasteiger partial charge in [-0.2, -0.15) is 0 Å². The summed E-state index contributed by atoms with van der Waals surface area (Å²) in [5.74, 6) is 0. The minimum absolute atomic E-state index is 0.0460. The van der Waals surface area contributed by atoms with Gasteiger partial charge in [-0.3, -0.25) is 0 Å². The van der Waals surface area contributed by atoms with Crippen molar-refractivity contribution in [1.29, 1.82) is 0 Å². The zero-order valence-corrected chi connectivity index (χ0v) is 62.4. The standard InChI is InChI=1S/C67H116O35/c1-22-24-87-31-38-45-52(78-13)60(86-21)67(95-38)100-44-37(30-72-7)93-65(58(84-19)51(44)77-12)102-46-39(32-88-25-23-2)94-66(59(85-20)53(46)79-14)99-43-36(29-71-6)91-63(56(82-17)50(43)76-11)97-41-34(27-69-4)89-61(54(80-15)48(41)74-9)96-40-33(26-68-3)90-62(55(81-16)47(40)73-8)98-42-35(28-70-5)92-64(101-45)57(83-18)49(42)75-10/h22-23,33-67H,1-2,24-32H2,3-21H3/t33-,34-,35-,36+,37+,38-,39+,40+,41+,42+,43+,44+,45+,46+,47-,48-,49-,50-,51+,52-,53-,54+,55+,56+,57+,58-,59-,60+,61+,62+,63+,64+,65+,66+,67+/m0/s1. The van der Waals surface area contributed by atoms with Gasteiger partial charge in [0.1, 0.15) is 171 Å². The molecular formula is C67H116O35. The molecule has 102 heavy (non-hydrogen) atoms. The lowest BCUT2D eigenvalue weighted by Gasteiger charge is -2.52. The number of rotatable bonds is 32. The smallest absolute Gasteiger partial charge is 0.187 e. The zero-order chi connectivity index (χ0) is 73.7. The Kier molecular flexibility index (Phi) is 36.0. The number of hydrogen-bond donors (Lipinski definition) is 0. The molecule has 35 atom stereocenters. The van der Waals surface area contributed by atoms with E-state index in [1.165, 1.54) is 135 Å². The van der Waals surface area contributed by atoms with E-state index in [9.17, 15) is 0 Å². The van der Waals surface area contributed by atoms with Crippen molar-refractivity contribution >= 4 is 0 Å². The Labute approximate surface area is 598 Å². The van der Waals surface area contributed by atoms with E-state index in [4.69, 9.17) is 166 Å². The molecule has 0 aromatic carbocycles. The predicted molar refractivity (Wildman–Crippen MR) is 347 cm³/mol. The van der Waals surface area contributed by atoms with Crippen LogP contribution in [0.3, 0.4) is 0 Å². The van der Waals surface area contributed by atoms with Gasteiger partial charge in [0.05, 0.1) is 59.5 Å². The van der Waals surface area contributed by atoms with E-state index in [1.54, 1.807) is 12.2 Å². The van der Waals surface area contributed by atoms with Crippen molar-refractivity contribution in [2.24, 2.45) is 0 Å². The van der Waals surface area contributed by atoms with Crippen LogP contribution in [0, 0.1) is 0 Å². The van der Waals surface area contributed by atoms with Crippen LogP contribution < -0.4 is 0 Å². The highest BCUT2D eigenvalue weighted by atomic mass is 16.8. The molecule has 0 aromatic heterocycles. The minimum atomic E-state index is -1.25. The van der Waals surface area contributed by atoms with Gasteiger partial charge in [-0.1, -0.05) is 12.2 Å². The molecule has 35 heteroatoms. The largest absolute Gasteiger partial charge is 0.382 e.